The Morgan fingerprint density at radius 2 is 2.26 bits per heavy atom. The second-order valence-electron chi connectivity index (χ2n) is 4.86. The highest BCUT2D eigenvalue weighted by Crippen LogP contribution is 2.34. The SMILES string of the molecule is CCNCc1ccn(CC2COc3ccccc32)n1. The number of ether oxygens (including phenoxy) is 1. The molecule has 0 saturated heterocycles. The van der Waals surface area contributed by atoms with Crippen molar-refractivity contribution in [2.24, 2.45) is 0 Å². The van der Waals surface area contributed by atoms with Gasteiger partial charge in [0.05, 0.1) is 18.8 Å². The number of nitrogens with one attached hydrogen (secondary N) is 1. The van der Waals surface area contributed by atoms with Crippen molar-refractivity contribution in [1.82, 2.24) is 15.1 Å². The van der Waals surface area contributed by atoms with Crippen LogP contribution in [0, 0.1) is 0 Å². The summed E-state index contributed by atoms with van der Waals surface area (Å²) in [5.41, 5.74) is 2.39. The molecule has 4 nitrogen and oxygen atoms in total. The molecule has 0 bridgehead atoms. The lowest BCUT2D eigenvalue weighted by atomic mass is 10.0. The summed E-state index contributed by atoms with van der Waals surface area (Å²) in [5, 5.41) is 7.87. The number of fused-ring (bicyclic) bond motifs is 1. The number of nitrogens with zero attached hydrogens (tertiary/aromatic N) is 2. The van der Waals surface area contributed by atoms with E-state index in [-0.39, 0.29) is 0 Å². The normalized spacial score (nSPS) is 17.2. The van der Waals surface area contributed by atoms with Crippen LogP contribution in [-0.4, -0.2) is 22.9 Å². The van der Waals surface area contributed by atoms with Crippen LogP contribution in [0.1, 0.15) is 24.1 Å². The first-order valence-electron chi connectivity index (χ1n) is 6.81. The zero-order chi connectivity index (χ0) is 13.1. The Balaban J connectivity index is 1.68. The molecule has 0 amide bonds. The van der Waals surface area contributed by atoms with Gasteiger partial charge in [-0.1, -0.05) is 25.1 Å². The second-order valence-corrected chi connectivity index (χ2v) is 4.86. The minimum atomic E-state index is 0.406. The summed E-state index contributed by atoms with van der Waals surface area (Å²) in [6.45, 7) is 5.53. The Labute approximate surface area is 113 Å². The first-order valence-corrected chi connectivity index (χ1v) is 6.81. The van der Waals surface area contributed by atoms with E-state index < -0.39 is 0 Å². The smallest absolute Gasteiger partial charge is 0.122 e. The molecular formula is C15H19N3O. The third-order valence-corrected chi connectivity index (χ3v) is 3.46. The molecule has 0 fully saturated rings. The Hall–Kier alpha value is -1.81. The van der Waals surface area contributed by atoms with Gasteiger partial charge in [0, 0.05) is 24.2 Å². The molecule has 2 heterocycles. The van der Waals surface area contributed by atoms with E-state index in [9.17, 15) is 0 Å². The molecule has 100 valence electrons. The van der Waals surface area contributed by atoms with E-state index in [4.69, 9.17) is 4.74 Å². The van der Waals surface area contributed by atoms with Crippen molar-refractivity contribution in [3.63, 3.8) is 0 Å². The van der Waals surface area contributed by atoms with Crippen molar-refractivity contribution in [2.45, 2.75) is 25.9 Å². The first-order chi connectivity index (χ1) is 9.36. The van der Waals surface area contributed by atoms with E-state index in [0.29, 0.717) is 5.92 Å². The first kappa shape index (κ1) is 12.2. The van der Waals surface area contributed by atoms with Gasteiger partial charge in [0.15, 0.2) is 0 Å². The van der Waals surface area contributed by atoms with Gasteiger partial charge in [0.1, 0.15) is 5.75 Å². The van der Waals surface area contributed by atoms with E-state index in [1.54, 1.807) is 0 Å². The van der Waals surface area contributed by atoms with Crippen LogP contribution >= 0.6 is 0 Å². The lowest BCUT2D eigenvalue weighted by molar-refractivity contribution is 0.314. The predicted molar refractivity (Wildman–Crippen MR) is 74.3 cm³/mol. The van der Waals surface area contributed by atoms with Crippen LogP contribution < -0.4 is 10.1 Å². The van der Waals surface area contributed by atoms with Crippen LogP contribution in [-0.2, 0) is 13.1 Å². The van der Waals surface area contributed by atoms with E-state index >= 15 is 0 Å². The maximum Gasteiger partial charge on any atom is 0.122 e. The lowest BCUT2D eigenvalue weighted by Crippen LogP contribution is -2.14. The number of rotatable bonds is 5. The second kappa shape index (κ2) is 5.45. The fraction of sp³-hybridized carbons (Fsp3) is 0.400. The van der Waals surface area contributed by atoms with Crippen molar-refractivity contribution >= 4 is 0 Å². The minimum absolute atomic E-state index is 0.406. The van der Waals surface area contributed by atoms with Gasteiger partial charge >= 0.3 is 0 Å². The summed E-state index contributed by atoms with van der Waals surface area (Å²) in [5.74, 6) is 1.43. The summed E-state index contributed by atoms with van der Waals surface area (Å²) in [4.78, 5) is 0. The van der Waals surface area contributed by atoms with Gasteiger partial charge in [-0.3, -0.25) is 4.68 Å². The van der Waals surface area contributed by atoms with Crippen molar-refractivity contribution in [3.05, 3.63) is 47.8 Å². The van der Waals surface area contributed by atoms with E-state index in [0.717, 1.165) is 37.7 Å². The molecule has 3 rings (SSSR count). The summed E-state index contributed by atoms with van der Waals surface area (Å²) in [6.07, 6.45) is 2.05. The molecule has 2 aromatic rings. The van der Waals surface area contributed by atoms with Gasteiger partial charge in [-0.15, -0.1) is 0 Å². The summed E-state index contributed by atoms with van der Waals surface area (Å²) < 4.78 is 7.72. The topological polar surface area (TPSA) is 39.1 Å². The van der Waals surface area contributed by atoms with Crippen LogP contribution in [0.4, 0.5) is 0 Å². The highest BCUT2D eigenvalue weighted by molar-refractivity contribution is 5.39. The van der Waals surface area contributed by atoms with E-state index in [1.165, 1.54) is 5.56 Å². The van der Waals surface area contributed by atoms with Gasteiger partial charge < -0.3 is 10.1 Å². The maximum atomic E-state index is 5.70. The molecule has 0 radical (unpaired) electrons. The van der Waals surface area contributed by atoms with Crippen LogP contribution in [0.15, 0.2) is 36.5 Å². The molecule has 19 heavy (non-hydrogen) atoms. The van der Waals surface area contributed by atoms with Gasteiger partial charge in [-0.05, 0) is 18.7 Å². The molecule has 0 spiro atoms. The van der Waals surface area contributed by atoms with Gasteiger partial charge in [-0.2, -0.15) is 5.10 Å². The zero-order valence-corrected chi connectivity index (χ0v) is 11.2. The Morgan fingerprint density at radius 3 is 3.16 bits per heavy atom. The van der Waals surface area contributed by atoms with Gasteiger partial charge in [-0.25, -0.2) is 0 Å². The average Bonchev–Trinajstić information content (AvgIpc) is 3.05. The highest BCUT2D eigenvalue weighted by Gasteiger charge is 2.24. The summed E-state index contributed by atoms with van der Waals surface area (Å²) in [7, 11) is 0. The number of benzene rings is 1. The molecular weight excluding hydrogens is 238 g/mol. The largest absolute Gasteiger partial charge is 0.493 e. The fourth-order valence-electron chi connectivity index (χ4n) is 2.46. The molecule has 1 aromatic heterocycles. The van der Waals surface area contributed by atoms with Crippen molar-refractivity contribution in [1.29, 1.82) is 0 Å². The van der Waals surface area contributed by atoms with Crippen LogP contribution in [0.3, 0.4) is 0 Å². The van der Waals surface area contributed by atoms with Crippen LogP contribution in [0.2, 0.25) is 0 Å². The molecule has 1 unspecified atom stereocenters. The zero-order valence-electron chi connectivity index (χ0n) is 11.2. The molecule has 1 aliphatic rings. The Bertz CT molecular complexity index is 550. The van der Waals surface area contributed by atoms with E-state index in [1.807, 2.05) is 23.0 Å². The van der Waals surface area contributed by atoms with Gasteiger partial charge in [0.25, 0.3) is 0 Å². The Morgan fingerprint density at radius 1 is 1.37 bits per heavy atom. The predicted octanol–water partition coefficient (Wildman–Crippen LogP) is 2.17. The number of hydrogen-bond donors (Lipinski definition) is 1. The Kier molecular flexibility index (Phi) is 3.51. The number of para-hydroxylation sites is 1. The van der Waals surface area contributed by atoms with Crippen LogP contribution in [0.25, 0.3) is 0 Å². The minimum Gasteiger partial charge on any atom is -0.493 e. The summed E-state index contributed by atoms with van der Waals surface area (Å²) in [6, 6.07) is 10.3. The van der Waals surface area contributed by atoms with Gasteiger partial charge in [0.2, 0.25) is 0 Å². The molecule has 0 saturated carbocycles. The molecule has 1 N–H and O–H groups in total. The van der Waals surface area contributed by atoms with Crippen molar-refractivity contribution in [2.75, 3.05) is 13.2 Å². The third-order valence-electron chi connectivity index (χ3n) is 3.46. The molecule has 0 aliphatic carbocycles. The van der Waals surface area contributed by atoms with Crippen LogP contribution in [0.5, 0.6) is 5.75 Å². The van der Waals surface area contributed by atoms with Crippen molar-refractivity contribution in [3.8, 4) is 5.75 Å². The molecule has 1 aromatic carbocycles. The van der Waals surface area contributed by atoms with Crippen molar-refractivity contribution < 1.29 is 4.74 Å². The lowest BCUT2D eigenvalue weighted by Gasteiger charge is -2.08. The number of hydrogen-bond acceptors (Lipinski definition) is 3. The fourth-order valence-corrected chi connectivity index (χ4v) is 2.46. The molecule has 4 heteroatoms. The highest BCUT2D eigenvalue weighted by atomic mass is 16.5. The van der Waals surface area contributed by atoms with E-state index in [2.05, 4.69) is 35.5 Å². The standard InChI is InChI=1S/C15H19N3O/c1-2-16-9-13-7-8-18(17-13)10-12-11-19-15-6-4-3-5-14(12)15/h3-8,12,16H,2,9-11H2,1H3. The monoisotopic (exact) mass is 257 g/mol. The quantitative estimate of drug-likeness (QED) is 0.892. The number of aromatic nitrogens is 2. The summed E-state index contributed by atoms with van der Waals surface area (Å²) >= 11 is 0. The maximum absolute atomic E-state index is 5.70. The molecule has 1 aliphatic heterocycles. The molecule has 1 atom stereocenters. The third kappa shape index (κ3) is 2.63. The average molecular weight is 257 g/mol.